The minimum Gasteiger partial charge on any atom is -0.497 e. The van der Waals surface area contributed by atoms with Gasteiger partial charge in [0.2, 0.25) is 0 Å². The molecule has 130 valence electrons. The zero-order chi connectivity index (χ0) is 18.3. The maximum absolute atomic E-state index is 11.8. The third-order valence-electron chi connectivity index (χ3n) is 4.23. The minimum absolute atomic E-state index is 0.135. The second-order valence-electron chi connectivity index (χ2n) is 5.73. The van der Waals surface area contributed by atoms with Crippen LogP contribution in [-0.4, -0.2) is 30.3 Å². The predicted octanol–water partition coefficient (Wildman–Crippen LogP) is 4.36. The van der Waals surface area contributed by atoms with E-state index in [1.54, 1.807) is 31.4 Å². The topological polar surface area (TPSA) is 81.8 Å². The fourth-order valence-corrected chi connectivity index (χ4v) is 2.96. The molecule has 26 heavy (non-hydrogen) atoms. The van der Waals surface area contributed by atoms with Crippen LogP contribution in [0.15, 0.2) is 52.9 Å². The van der Waals surface area contributed by atoms with Gasteiger partial charge in [-0.2, -0.15) is 0 Å². The third-order valence-corrected chi connectivity index (χ3v) is 4.23. The molecule has 6 heteroatoms. The van der Waals surface area contributed by atoms with Crippen LogP contribution in [0.1, 0.15) is 10.4 Å². The molecule has 1 N–H and O–H groups in total. The van der Waals surface area contributed by atoms with Gasteiger partial charge < -0.3 is 19.0 Å². The summed E-state index contributed by atoms with van der Waals surface area (Å²) in [5.41, 5.74) is 1.72. The number of aromatic nitrogens is 1. The molecule has 6 nitrogen and oxygen atoms in total. The second kappa shape index (κ2) is 6.07. The second-order valence-corrected chi connectivity index (χ2v) is 5.73. The highest BCUT2D eigenvalue weighted by Crippen LogP contribution is 2.34. The Balaban J connectivity index is 1.96. The van der Waals surface area contributed by atoms with Crippen molar-refractivity contribution >= 4 is 27.8 Å². The summed E-state index contributed by atoms with van der Waals surface area (Å²) in [4.78, 5) is 16.3. The van der Waals surface area contributed by atoms with Crippen molar-refractivity contribution in [2.75, 3.05) is 14.2 Å². The molecule has 2 heterocycles. The average molecular weight is 349 g/mol. The standard InChI is InChI=1S/C20H15NO5/c1-24-12-6-7-15-13(9-12)14(20(22)23)10-16(21-15)18-8-11-4-3-5-17(25-2)19(11)26-18/h3-10H,1-2H3,(H,22,23). The molecule has 0 unspecified atom stereocenters. The van der Waals surface area contributed by atoms with Crippen LogP contribution in [0.2, 0.25) is 0 Å². The van der Waals surface area contributed by atoms with Crippen LogP contribution in [0, 0.1) is 0 Å². The average Bonchev–Trinajstić information content (AvgIpc) is 3.10. The van der Waals surface area contributed by atoms with Gasteiger partial charge in [0.15, 0.2) is 17.1 Å². The molecule has 0 aliphatic rings. The smallest absolute Gasteiger partial charge is 0.336 e. The lowest BCUT2D eigenvalue weighted by Crippen LogP contribution is -2.00. The van der Waals surface area contributed by atoms with Crippen LogP contribution in [-0.2, 0) is 0 Å². The van der Waals surface area contributed by atoms with Crippen molar-refractivity contribution < 1.29 is 23.8 Å². The Kier molecular flexibility index (Phi) is 3.73. The van der Waals surface area contributed by atoms with Gasteiger partial charge in [0, 0.05) is 10.8 Å². The number of rotatable bonds is 4. The summed E-state index contributed by atoms with van der Waals surface area (Å²) < 4.78 is 16.4. The van der Waals surface area contributed by atoms with Gasteiger partial charge in [-0.25, -0.2) is 9.78 Å². The number of hydrogen-bond donors (Lipinski definition) is 1. The number of para-hydroxylation sites is 1. The quantitative estimate of drug-likeness (QED) is 0.589. The first-order valence-corrected chi connectivity index (χ1v) is 7.89. The van der Waals surface area contributed by atoms with Gasteiger partial charge >= 0.3 is 5.97 Å². The van der Waals surface area contributed by atoms with Gasteiger partial charge in [0.25, 0.3) is 0 Å². The van der Waals surface area contributed by atoms with E-state index in [0.29, 0.717) is 39.4 Å². The fraction of sp³-hybridized carbons (Fsp3) is 0.100. The first-order valence-electron chi connectivity index (χ1n) is 7.89. The molecule has 0 spiro atoms. The molecule has 0 aliphatic heterocycles. The van der Waals surface area contributed by atoms with Crippen molar-refractivity contribution in [3.63, 3.8) is 0 Å². The maximum atomic E-state index is 11.8. The van der Waals surface area contributed by atoms with Gasteiger partial charge in [-0.15, -0.1) is 0 Å². The Morgan fingerprint density at radius 2 is 1.92 bits per heavy atom. The summed E-state index contributed by atoms with van der Waals surface area (Å²) in [7, 11) is 3.10. The number of ether oxygens (including phenoxy) is 2. The van der Waals surface area contributed by atoms with Gasteiger partial charge in [0.05, 0.1) is 25.3 Å². The lowest BCUT2D eigenvalue weighted by atomic mass is 10.1. The van der Waals surface area contributed by atoms with Crippen LogP contribution in [0.5, 0.6) is 11.5 Å². The van der Waals surface area contributed by atoms with Crippen LogP contribution in [0.4, 0.5) is 0 Å². The molecule has 4 aromatic rings. The summed E-state index contributed by atoms with van der Waals surface area (Å²) in [6.45, 7) is 0. The molecule has 4 rings (SSSR count). The predicted molar refractivity (Wildman–Crippen MR) is 97.0 cm³/mol. The number of carboxylic acids is 1. The van der Waals surface area contributed by atoms with Crippen molar-refractivity contribution in [2.24, 2.45) is 0 Å². The summed E-state index contributed by atoms with van der Waals surface area (Å²) in [6.07, 6.45) is 0. The number of aromatic carboxylic acids is 1. The summed E-state index contributed by atoms with van der Waals surface area (Å²) in [5, 5.41) is 11.0. The number of furan rings is 1. The van der Waals surface area contributed by atoms with Crippen molar-refractivity contribution in [1.29, 1.82) is 0 Å². The van der Waals surface area contributed by atoms with Crippen LogP contribution in [0.3, 0.4) is 0 Å². The molecule has 0 saturated heterocycles. The van der Waals surface area contributed by atoms with E-state index in [1.807, 2.05) is 18.2 Å². The Labute approximate surface area is 148 Å². The number of benzene rings is 2. The Bertz CT molecular complexity index is 1150. The van der Waals surface area contributed by atoms with Gasteiger partial charge in [0.1, 0.15) is 11.4 Å². The fourth-order valence-electron chi connectivity index (χ4n) is 2.96. The van der Waals surface area contributed by atoms with E-state index in [9.17, 15) is 9.90 Å². The van der Waals surface area contributed by atoms with E-state index < -0.39 is 5.97 Å². The minimum atomic E-state index is -1.04. The van der Waals surface area contributed by atoms with Crippen molar-refractivity contribution in [3.8, 4) is 23.0 Å². The number of carbonyl (C=O) groups is 1. The highest BCUT2D eigenvalue weighted by Gasteiger charge is 2.17. The summed E-state index contributed by atoms with van der Waals surface area (Å²) in [6, 6.07) is 14.0. The summed E-state index contributed by atoms with van der Waals surface area (Å²) in [5.74, 6) is 0.617. The molecule has 0 aliphatic carbocycles. The van der Waals surface area contributed by atoms with Crippen molar-refractivity contribution in [2.45, 2.75) is 0 Å². The number of fused-ring (bicyclic) bond motifs is 2. The molecule has 0 atom stereocenters. The third kappa shape index (κ3) is 2.52. The number of pyridine rings is 1. The number of carboxylic acid groups (broad SMARTS) is 1. The number of methoxy groups -OCH3 is 2. The molecule has 0 bridgehead atoms. The van der Waals surface area contributed by atoms with E-state index in [1.165, 1.54) is 13.2 Å². The Morgan fingerprint density at radius 1 is 1.08 bits per heavy atom. The van der Waals surface area contributed by atoms with Crippen molar-refractivity contribution in [1.82, 2.24) is 4.98 Å². The molecule has 0 saturated carbocycles. The zero-order valence-corrected chi connectivity index (χ0v) is 14.1. The van der Waals surface area contributed by atoms with Gasteiger partial charge in [-0.05, 0) is 36.4 Å². The molecular weight excluding hydrogens is 334 g/mol. The van der Waals surface area contributed by atoms with Crippen LogP contribution >= 0.6 is 0 Å². The first-order chi connectivity index (χ1) is 12.6. The summed E-state index contributed by atoms with van der Waals surface area (Å²) >= 11 is 0. The normalized spacial score (nSPS) is 11.0. The number of hydrogen-bond acceptors (Lipinski definition) is 5. The molecule has 0 fully saturated rings. The molecule has 2 aromatic heterocycles. The van der Waals surface area contributed by atoms with Crippen LogP contribution in [0.25, 0.3) is 33.3 Å². The van der Waals surface area contributed by atoms with Crippen molar-refractivity contribution in [3.05, 3.63) is 54.1 Å². The lowest BCUT2D eigenvalue weighted by Gasteiger charge is -2.07. The SMILES string of the molecule is COc1ccc2nc(-c3cc4cccc(OC)c4o3)cc(C(=O)O)c2c1. The molecule has 2 aromatic carbocycles. The van der Waals surface area contributed by atoms with Gasteiger partial charge in [-0.1, -0.05) is 12.1 Å². The highest BCUT2D eigenvalue weighted by molar-refractivity contribution is 6.04. The molecular formula is C20H15NO5. The largest absolute Gasteiger partial charge is 0.497 e. The highest BCUT2D eigenvalue weighted by atomic mass is 16.5. The maximum Gasteiger partial charge on any atom is 0.336 e. The lowest BCUT2D eigenvalue weighted by molar-refractivity contribution is 0.0699. The zero-order valence-electron chi connectivity index (χ0n) is 14.1. The Hall–Kier alpha value is -3.54. The van der Waals surface area contributed by atoms with E-state index in [2.05, 4.69) is 4.98 Å². The van der Waals surface area contributed by atoms with Gasteiger partial charge in [-0.3, -0.25) is 0 Å². The number of nitrogens with zero attached hydrogens (tertiary/aromatic N) is 1. The van der Waals surface area contributed by atoms with E-state index in [0.717, 1.165) is 5.39 Å². The first kappa shape index (κ1) is 16.0. The monoisotopic (exact) mass is 349 g/mol. The molecule has 0 amide bonds. The van der Waals surface area contributed by atoms with E-state index in [4.69, 9.17) is 13.9 Å². The van der Waals surface area contributed by atoms with Crippen LogP contribution < -0.4 is 9.47 Å². The molecule has 0 radical (unpaired) electrons. The van der Waals surface area contributed by atoms with E-state index in [-0.39, 0.29) is 5.56 Å². The van der Waals surface area contributed by atoms with E-state index >= 15 is 0 Å². The Morgan fingerprint density at radius 3 is 2.65 bits per heavy atom.